The number of nitriles is 1. The Morgan fingerprint density at radius 2 is 2.17 bits per heavy atom. The third kappa shape index (κ3) is 3.02. The van der Waals surface area contributed by atoms with Gasteiger partial charge in [0.25, 0.3) is 10.0 Å². The van der Waals surface area contributed by atoms with E-state index in [0.717, 1.165) is 16.2 Å². The molecule has 2 rings (SSSR count). The summed E-state index contributed by atoms with van der Waals surface area (Å²) in [6.45, 7) is 5.64. The van der Waals surface area contributed by atoms with Gasteiger partial charge in [-0.3, -0.25) is 4.99 Å². The van der Waals surface area contributed by atoms with Crippen LogP contribution in [0.25, 0.3) is 0 Å². The molecule has 0 aliphatic carbocycles. The summed E-state index contributed by atoms with van der Waals surface area (Å²) < 4.78 is 32.2. The molecule has 1 amide bonds. The molecule has 10 heteroatoms. The molecule has 0 bridgehead atoms. The third-order valence-corrected chi connectivity index (χ3v) is 5.59. The summed E-state index contributed by atoms with van der Waals surface area (Å²) in [6, 6.07) is 1.88. The van der Waals surface area contributed by atoms with Gasteiger partial charge in [0, 0.05) is 11.4 Å². The number of rotatable bonds is 3. The van der Waals surface area contributed by atoms with Crippen molar-refractivity contribution in [2.45, 2.75) is 32.1 Å². The van der Waals surface area contributed by atoms with Crippen LogP contribution in [-0.2, 0) is 14.8 Å². The Bertz CT molecular complexity index is 805. The van der Waals surface area contributed by atoms with Crippen LogP contribution < -0.4 is 9.62 Å². The second-order valence-electron chi connectivity index (χ2n) is 4.62. The molecule has 2 heterocycles. The summed E-state index contributed by atoms with van der Waals surface area (Å²) in [7, 11) is -3.97. The second kappa shape index (κ2) is 6.55. The molecular weight excluding hydrogens is 340 g/mol. The average molecular weight is 356 g/mol. The van der Waals surface area contributed by atoms with E-state index in [1.165, 1.54) is 0 Å². The lowest BCUT2D eigenvalue weighted by atomic mass is 10.3. The van der Waals surface area contributed by atoms with Crippen LogP contribution in [0.3, 0.4) is 0 Å². The van der Waals surface area contributed by atoms with Crippen molar-refractivity contribution in [2.75, 3.05) is 18.1 Å². The van der Waals surface area contributed by atoms with Gasteiger partial charge in [-0.1, -0.05) is 6.92 Å². The topological polar surface area (TPSA) is 112 Å². The normalized spacial score (nSPS) is 17.3. The number of nitrogens with zero attached hydrogens (tertiary/aromatic N) is 3. The fourth-order valence-corrected chi connectivity index (χ4v) is 4.82. The summed E-state index contributed by atoms with van der Waals surface area (Å²) in [5.74, 6) is -0.108. The predicted molar refractivity (Wildman–Crippen MR) is 86.2 cm³/mol. The van der Waals surface area contributed by atoms with Crippen LogP contribution >= 0.6 is 11.3 Å². The first kappa shape index (κ1) is 17.2. The number of aliphatic imine (C=N–C) groups is 1. The summed E-state index contributed by atoms with van der Waals surface area (Å²) in [5, 5.41) is 9.36. The standard InChI is InChI=1S/C13H16N4O4S2/c1-4-6-15-12-16-23(19,20)10-9(7-14)8(3)22-11(10)17(12)13(18)21-5-2/h4-6H2,1-3H3,(H,15,16). The zero-order chi connectivity index (χ0) is 17.2. The molecule has 0 saturated heterocycles. The average Bonchev–Trinajstić information content (AvgIpc) is 2.81. The van der Waals surface area contributed by atoms with Crippen LogP contribution in [-0.4, -0.2) is 33.6 Å². The Balaban J connectivity index is 2.70. The van der Waals surface area contributed by atoms with E-state index >= 15 is 0 Å². The van der Waals surface area contributed by atoms with Crippen LogP contribution in [0.1, 0.15) is 30.7 Å². The fraction of sp³-hybridized carbons (Fsp3) is 0.462. The van der Waals surface area contributed by atoms with Gasteiger partial charge in [0.1, 0.15) is 16.0 Å². The number of ether oxygens (including phenoxy) is 1. The number of hydrogen-bond acceptors (Lipinski definition) is 7. The highest BCUT2D eigenvalue weighted by atomic mass is 32.2. The van der Waals surface area contributed by atoms with Gasteiger partial charge in [0.2, 0.25) is 5.96 Å². The molecule has 124 valence electrons. The molecule has 0 saturated carbocycles. The lowest BCUT2D eigenvalue weighted by molar-refractivity contribution is 0.163. The van der Waals surface area contributed by atoms with Crippen molar-refractivity contribution < 1.29 is 17.9 Å². The molecule has 1 N–H and O–H groups in total. The van der Waals surface area contributed by atoms with E-state index in [1.807, 2.05) is 13.0 Å². The van der Waals surface area contributed by atoms with Gasteiger partial charge in [-0.25, -0.2) is 22.8 Å². The minimum absolute atomic E-state index is 0.0290. The van der Waals surface area contributed by atoms with Gasteiger partial charge in [-0.15, -0.1) is 11.3 Å². The Labute approximate surface area is 138 Å². The molecule has 0 radical (unpaired) electrons. The van der Waals surface area contributed by atoms with Crippen molar-refractivity contribution in [1.29, 1.82) is 5.26 Å². The molecule has 1 aliphatic rings. The fourth-order valence-electron chi connectivity index (χ4n) is 2.03. The first-order valence-corrected chi connectivity index (χ1v) is 9.24. The Morgan fingerprint density at radius 3 is 2.74 bits per heavy atom. The summed E-state index contributed by atoms with van der Waals surface area (Å²) >= 11 is 1.05. The highest BCUT2D eigenvalue weighted by molar-refractivity contribution is 7.90. The van der Waals surface area contributed by atoms with Crippen LogP contribution in [0.2, 0.25) is 0 Å². The molecule has 0 atom stereocenters. The maximum Gasteiger partial charge on any atom is 0.422 e. The minimum atomic E-state index is -3.97. The lowest BCUT2D eigenvalue weighted by Gasteiger charge is -2.27. The molecule has 1 aromatic rings. The zero-order valence-electron chi connectivity index (χ0n) is 12.9. The quantitative estimate of drug-likeness (QED) is 0.889. The van der Waals surface area contributed by atoms with E-state index in [-0.39, 0.29) is 28.0 Å². The first-order chi connectivity index (χ1) is 10.9. The number of guanidine groups is 1. The molecule has 1 aliphatic heterocycles. The van der Waals surface area contributed by atoms with Crippen LogP contribution in [0.4, 0.5) is 9.80 Å². The van der Waals surface area contributed by atoms with Crippen molar-refractivity contribution in [3.05, 3.63) is 10.4 Å². The van der Waals surface area contributed by atoms with Crippen LogP contribution in [0.5, 0.6) is 0 Å². The van der Waals surface area contributed by atoms with Crippen molar-refractivity contribution >= 4 is 38.4 Å². The molecule has 0 aromatic carbocycles. The van der Waals surface area contributed by atoms with Crippen molar-refractivity contribution in [2.24, 2.45) is 4.99 Å². The van der Waals surface area contributed by atoms with E-state index in [0.29, 0.717) is 17.8 Å². The first-order valence-electron chi connectivity index (χ1n) is 6.95. The molecular formula is C13H16N4O4S2. The number of nitrogens with one attached hydrogen (secondary N) is 1. The van der Waals surface area contributed by atoms with Gasteiger partial charge < -0.3 is 4.74 Å². The number of aryl methyl sites for hydroxylation is 1. The van der Waals surface area contributed by atoms with Crippen molar-refractivity contribution in [3.63, 3.8) is 0 Å². The van der Waals surface area contributed by atoms with E-state index < -0.39 is 16.1 Å². The van der Waals surface area contributed by atoms with Gasteiger partial charge >= 0.3 is 6.09 Å². The monoisotopic (exact) mass is 356 g/mol. The third-order valence-electron chi connectivity index (χ3n) is 2.98. The molecule has 1 aromatic heterocycles. The number of fused-ring (bicyclic) bond motifs is 1. The number of amides is 1. The molecule has 0 spiro atoms. The smallest absolute Gasteiger partial charge is 0.422 e. The Hall–Kier alpha value is -2.12. The highest BCUT2D eigenvalue weighted by Gasteiger charge is 2.41. The lowest BCUT2D eigenvalue weighted by Crippen LogP contribution is -2.51. The number of hydrogen-bond donors (Lipinski definition) is 1. The van der Waals surface area contributed by atoms with Crippen LogP contribution in [0.15, 0.2) is 9.89 Å². The van der Waals surface area contributed by atoms with Gasteiger partial charge in [0.05, 0.1) is 12.2 Å². The van der Waals surface area contributed by atoms with E-state index in [2.05, 4.69) is 9.71 Å². The van der Waals surface area contributed by atoms with Gasteiger partial charge in [0.15, 0.2) is 0 Å². The van der Waals surface area contributed by atoms with Crippen molar-refractivity contribution in [3.8, 4) is 6.07 Å². The van der Waals surface area contributed by atoms with Crippen molar-refractivity contribution in [1.82, 2.24) is 4.72 Å². The number of carbonyl (C=O) groups excluding carboxylic acids is 1. The summed E-state index contributed by atoms with van der Waals surface area (Å²) in [6.07, 6.45) is -0.0569. The van der Waals surface area contributed by atoms with Gasteiger partial charge in [-0.05, 0) is 20.3 Å². The molecule has 0 unspecified atom stereocenters. The van der Waals surface area contributed by atoms with E-state index in [1.54, 1.807) is 13.8 Å². The second-order valence-corrected chi connectivity index (χ2v) is 7.45. The van der Waals surface area contributed by atoms with E-state index in [9.17, 15) is 18.5 Å². The number of sulfonamides is 1. The summed E-state index contributed by atoms with van der Waals surface area (Å²) in [4.78, 5) is 17.8. The SMILES string of the molecule is CCCN=C1NS(=O)(=O)c2c(sc(C)c2C#N)N1C(=O)OCC. The highest BCUT2D eigenvalue weighted by Crippen LogP contribution is 2.41. The Morgan fingerprint density at radius 1 is 1.48 bits per heavy atom. The molecule has 23 heavy (non-hydrogen) atoms. The Kier molecular flexibility index (Phi) is 4.91. The number of thiophene rings is 1. The summed E-state index contributed by atoms with van der Waals surface area (Å²) in [5.41, 5.74) is 0.0290. The van der Waals surface area contributed by atoms with Crippen LogP contribution in [0, 0.1) is 18.3 Å². The zero-order valence-corrected chi connectivity index (χ0v) is 14.5. The maximum absolute atomic E-state index is 12.5. The molecule has 0 fully saturated rings. The predicted octanol–water partition coefficient (Wildman–Crippen LogP) is 1.95. The molecule has 8 nitrogen and oxygen atoms in total. The largest absolute Gasteiger partial charge is 0.449 e. The van der Waals surface area contributed by atoms with Gasteiger partial charge in [-0.2, -0.15) is 5.26 Å². The van der Waals surface area contributed by atoms with E-state index in [4.69, 9.17) is 4.74 Å². The maximum atomic E-state index is 12.5. The number of carbonyl (C=O) groups is 1. The number of anilines is 1. The minimum Gasteiger partial charge on any atom is -0.449 e.